The van der Waals surface area contributed by atoms with Crippen molar-refractivity contribution in [3.05, 3.63) is 113 Å². The highest BCUT2D eigenvalue weighted by Gasteiger charge is 2.33. The minimum Gasteiger partial charge on any atom is -0.465 e. The molecule has 224 valence electrons. The number of alkyl halides is 3. The van der Waals surface area contributed by atoms with Crippen LogP contribution in [-0.2, 0) is 11.2 Å². The lowest BCUT2D eigenvalue weighted by atomic mass is 9.80. The molecule has 1 aliphatic heterocycles. The smallest absolute Gasteiger partial charge is 0.393 e. The van der Waals surface area contributed by atoms with E-state index in [0.717, 1.165) is 41.2 Å². The molecule has 0 saturated heterocycles. The Kier molecular flexibility index (Phi) is 8.67. The minimum absolute atomic E-state index is 0.201. The number of halogens is 3. The molecule has 1 aliphatic rings. The van der Waals surface area contributed by atoms with E-state index >= 15 is 0 Å². The van der Waals surface area contributed by atoms with Gasteiger partial charge in [0.2, 0.25) is 0 Å². The maximum absolute atomic E-state index is 13.2. The first kappa shape index (κ1) is 30.0. The fraction of sp³-hybridized carbons (Fsp3) is 0.286. The van der Waals surface area contributed by atoms with Gasteiger partial charge in [0.1, 0.15) is 11.5 Å². The van der Waals surface area contributed by atoms with Crippen molar-refractivity contribution in [1.82, 2.24) is 0 Å². The van der Waals surface area contributed by atoms with Crippen LogP contribution in [0.4, 0.5) is 30.2 Å². The highest BCUT2D eigenvalue weighted by Crippen LogP contribution is 2.50. The molecule has 0 bridgehead atoms. The van der Waals surface area contributed by atoms with E-state index < -0.39 is 18.6 Å². The van der Waals surface area contributed by atoms with Crippen LogP contribution in [0, 0.1) is 0 Å². The minimum atomic E-state index is -4.29. The second kappa shape index (κ2) is 12.4. The van der Waals surface area contributed by atoms with Gasteiger partial charge in [-0.15, -0.1) is 0 Å². The van der Waals surface area contributed by atoms with Crippen LogP contribution in [0.25, 0.3) is 0 Å². The van der Waals surface area contributed by atoms with Crippen LogP contribution in [0.3, 0.4) is 0 Å². The van der Waals surface area contributed by atoms with Gasteiger partial charge in [-0.3, -0.25) is 0 Å². The van der Waals surface area contributed by atoms with Gasteiger partial charge in [0.25, 0.3) is 0 Å². The molecule has 8 heteroatoms. The SMILES string of the molecule is CCN(CC)c1ccc2c(c1)Oc1ccc(N(CC)c3cccc(CC(F)(F)F)c3)cc1C2c1ccccc1C(=O)OC. The third-order valence-corrected chi connectivity index (χ3v) is 7.89. The molecule has 4 aromatic rings. The molecule has 5 rings (SSSR count). The summed E-state index contributed by atoms with van der Waals surface area (Å²) in [4.78, 5) is 17.1. The van der Waals surface area contributed by atoms with Gasteiger partial charge in [-0.1, -0.05) is 36.4 Å². The number of anilines is 3. The van der Waals surface area contributed by atoms with Gasteiger partial charge in [-0.05, 0) is 74.4 Å². The van der Waals surface area contributed by atoms with E-state index in [0.29, 0.717) is 29.3 Å². The molecular formula is C35H35F3N2O3. The Morgan fingerprint density at radius 2 is 1.49 bits per heavy atom. The molecule has 4 aromatic carbocycles. The van der Waals surface area contributed by atoms with E-state index in [2.05, 4.69) is 30.9 Å². The Balaban J connectivity index is 1.65. The van der Waals surface area contributed by atoms with Gasteiger partial charge in [0.05, 0.1) is 19.1 Å². The van der Waals surface area contributed by atoms with Crippen LogP contribution < -0.4 is 14.5 Å². The Bertz CT molecular complexity index is 1610. The van der Waals surface area contributed by atoms with Gasteiger partial charge in [0, 0.05) is 59.8 Å². The molecule has 0 amide bonds. The van der Waals surface area contributed by atoms with Crippen LogP contribution in [0.2, 0.25) is 0 Å². The number of ether oxygens (including phenoxy) is 2. The van der Waals surface area contributed by atoms with Gasteiger partial charge in [0.15, 0.2) is 0 Å². The molecule has 1 unspecified atom stereocenters. The van der Waals surface area contributed by atoms with Gasteiger partial charge < -0.3 is 19.3 Å². The number of benzene rings is 4. The van der Waals surface area contributed by atoms with E-state index in [9.17, 15) is 18.0 Å². The third-order valence-electron chi connectivity index (χ3n) is 7.89. The molecule has 1 atom stereocenters. The lowest BCUT2D eigenvalue weighted by Gasteiger charge is -2.33. The standard InChI is InChI=1S/C35H35F3N2O3/c1-5-39(6-2)24-15-17-29-32(21-24)43-31-18-16-26(40(7-3)25-12-10-11-23(19-25)22-35(36,37)38)20-30(31)33(29)27-13-8-9-14-28(27)34(41)42-4/h8-21,33H,5-7,22H2,1-4H3. The number of carbonyl (C=O) groups excluding carboxylic acids is 1. The number of nitrogens with zero attached hydrogens (tertiary/aromatic N) is 2. The molecule has 0 spiro atoms. The first-order valence-corrected chi connectivity index (χ1v) is 14.5. The normalized spacial score (nSPS) is 13.9. The first-order chi connectivity index (χ1) is 20.7. The Morgan fingerprint density at radius 3 is 2.19 bits per heavy atom. The largest absolute Gasteiger partial charge is 0.465 e. The van der Waals surface area contributed by atoms with Crippen molar-refractivity contribution in [3.63, 3.8) is 0 Å². The second-order valence-corrected chi connectivity index (χ2v) is 10.4. The maximum Gasteiger partial charge on any atom is 0.393 e. The molecule has 0 saturated carbocycles. The maximum atomic E-state index is 13.2. The fourth-order valence-corrected chi connectivity index (χ4v) is 5.90. The summed E-state index contributed by atoms with van der Waals surface area (Å²) >= 11 is 0. The summed E-state index contributed by atoms with van der Waals surface area (Å²) in [6.07, 6.45) is -5.29. The Morgan fingerprint density at radius 1 is 0.767 bits per heavy atom. The number of esters is 1. The second-order valence-electron chi connectivity index (χ2n) is 10.4. The van der Waals surface area contributed by atoms with Crippen molar-refractivity contribution in [1.29, 1.82) is 0 Å². The van der Waals surface area contributed by atoms with Crippen molar-refractivity contribution >= 4 is 23.0 Å². The summed E-state index contributed by atoms with van der Waals surface area (Å²) in [5.41, 5.74) is 5.71. The summed E-state index contributed by atoms with van der Waals surface area (Å²) in [7, 11) is 1.37. The average molecular weight is 589 g/mol. The lowest BCUT2D eigenvalue weighted by molar-refractivity contribution is -0.127. The summed E-state index contributed by atoms with van der Waals surface area (Å²) in [5, 5.41) is 0. The number of hydrogen-bond acceptors (Lipinski definition) is 5. The van der Waals surface area contributed by atoms with Crippen LogP contribution >= 0.6 is 0 Å². The summed E-state index contributed by atoms with van der Waals surface area (Å²) in [5.74, 6) is 0.578. The molecule has 0 radical (unpaired) electrons. The van der Waals surface area contributed by atoms with E-state index in [1.54, 1.807) is 18.2 Å². The van der Waals surface area contributed by atoms with Crippen LogP contribution in [0.5, 0.6) is 11.5 Å². The Labute approximate surface area is 250 Å². The monoisotopic (exact) mass is 588 g/mol. The van der Waals surface area contributed by atoms with Crippen LogP contribution in [0.15, 0.2) is 84.9 Å². The number of methoxy groups -OCH3 is 1. The number of carbonyl (C=O) groups is 1. The zero-order chi connectivity index (χ0) is 30.7. The average Bonchev–Trinajstić information content (AvgIpc) is 3.00. The van der Waals surface area contributed by atoms with Gasteiger partial charge in [-0.2, -0.15) is 13.2 Å². The molecule has 0 aliphatic carbocycles. The van der Waals surface area contributed by atoms with Crippen LogP contribution in [-0.4, -0.2) is 38.9 Å². The predicted octanol–water partition coefficient (Wildman–Crippen LogP) is 8.87. The fourth-order valence-electron chi connectivity index (χ4n) is 5.90. The zero-order valence-electron chi connectivity index (χ0n) is 24.7. The van der Waals surface area contributed by atoms with Gasteiger partial charge >= 0.3 is 12.1 Å². The summed E-state index contributed by atoms with van der Waals surface area (Å²) in [6.45, 7) is 8.40. The highest BCUT2D eigenvalue weighted by molar-refractivity contribution is 5.92. The van der Waals surface area contributed by atoms with Crippen LogP contribution in [0.1, 0.15) is 59.3 Å². The van der Waals surface area contributed by atoms with E-state index in [4.69, 9.17) is 9.47 Å². The molecular weight excluding hydrogens is 553 g/mol. The van der Waals surface area contributed by atoms with E-state index in [1.807, 2.05) is 60.4 Å². The Hall–Kier alpha value is -4.46. The molecule has 0 fully saturated rings. The van der Waals surface area contributed by atoms with Gasteiger partial charge in [-0.25, -0.2) is 4.79 Å². The topological polar surface area (TPSA) is 42.0 Å². The molecule has 5 nitrogen and oxygen atoms in total. The highest BCUT2D eigenvalue weighted by atomic mass is 19.4. The van der Waals surface area contributed by atoms with Crippen molar-refractivity contribution in [2.24, 2.45) is 0 Å². The van der Waals surface area contributed by atoms with Crippen molar-refractivity contribution in [2.45, 2.75) is 39.3 Å². The summed E-state index contributed by atoms with van der Waals surface area (Å²) < 4.78 is 51.1. The van der Waals surface area contributed by atoms with E-state index in [1.165, 1.54) is 13.2 Å². The number of rotatable bonds is 9. The quantitative estimate of drug-likeness (QED) is 0.161. The predicted molar refractivity (Wildman–Crippen MR) is 164 cm³/mol. The molecule has 1 heterocycles. The van der Waals surface area contributed by atoms with Crippen molar-refractivity contribution in [3.8, 4) is 11.5 Å². The van der Waals surface area contributed by atoms with Crippen molar-refractivity contribution in [2.75, 3.05) is 36.5 Å². The number of fused-ring (bicyclic) bond motifs is 2. The van der Waals surface area contributed by atoms with Crippen molar-refractivity contribution < 1.29 is 27.4 Å². The molecule has 0 N–H and O–H groups in total. The zero-order valence-corrected chi connectivity index (χ0v) is 24.7. The first-order valence-electron chi connectivity index (χ1n) is 14.5. The number of hydrogen-bond donors (Lipinski definition) is 0. The van der Waals surface area contributed by atoms with E-state index in [-0.39, 0.29) is 11.5 Å². The summed E-state index contributed by atoms with van der Waals surface area (Å²) in [6, 6.07) is 25.9. The molecule has 0 aromatic heterocycles. The third kappa shape index (κ3) is 6.19. The lowest BCUT2D eigenvalue weighted by Crippen LogP contribution is -2.22. The molecule has 43 heavy (non-hydrogen) atoms.